The summed E-state index contributed by atoms with van der Waals surface area (Å²) in [4.78, 5) is 0. The van der Waals surface area contributed by atoms with Gasteiger partial charge in [-0.15, -0.1) is 0 Å². The van der Waals surface area contributed by atoms with Gasteiger partial charge in [0.2, 0.25) is 0 Å². The summed E-state index contributed by atoms with van der Waals surface area (Å²) in [7, 11) is 1.98. The van der Waals surface area contributed by atoms with Crippen molar-refractivity contribution in [3.63, 3.8) is 0 Å². The van der Waals surface area contributed by atoms with Gasteiger partial charge in [0, 0.05) is 8.31 Å². The highest BCUT2D eigenvalue weighted by atomic mass is 29.5. The molecule has 0 spiro atoms. The molecule has 0 heterocycles. The second kappa shape index (κ2) is 6.40. The Morgan fingerprint density at radius 1 is 0.733 bits per heavy atom. The monoisotopic (exact) mass is 256 g/mol. The summed E-state index contributed by atoms with van der Waals surface area (Å²) in [5, 5.41) is 0. The van der Waals surface area contributed by atoms with Gasteiger partial charge in [-0.1, -0.05) is 75.3 Å². The molecule has 0 aliphatic heterocycles. The molecule has 88 valence electrons. The maximum Gasteiger partial charge on any atom is 0.0271 e. The number of hydrogen-bond donors (Lipinski definition) is 0. The van der Waals surface area contributed by atoms with Crippen LogP contribution in [0.3, 0.4) is 0 Å². The van der Waals surface area contributed by atoms with Gasteiger partial charge in [0.25, 0.3) is 0 Å². The van der Waals surface area contributed by atoms with Gasteiger partial charge < -0.3 is 0 Å². The third-order valence-corrected chi connectivity index (χ3v) is 25.0. The first-order valence-corrected chi connectivity index (χ1v) is 17.7. The van der Waals surface area contributed by atoms with E-state index in [1.165, 1.54) is 11.1 Å². The summed E-state index contributed by atoms with van der Waals surface area (Å²) in [6, 6.07) is 0. The van der Waals surface area contributed by atoms with Gasteiger partial charge in [-0.3, -0.25) is 0 Å². The Hall–Kier alpha value is 0.651. The molecule has 0 atom stereocenters. The molecule has 2 fully saturated rings. The summed E-state index contributed by atoms with van der Waals surface area (Å²) in [5.74, 6) is 0. The zero-order valence-electron chi connectivity index (χ0n) is 10.5. The van der Waals surface area contributed by atoms with E-state index >= 15 is 0 Å². The van der Waals surface area contributed by atoms with E-state index in [9.17, 15) is 0 Å². The summed E-state index contributed by atoms with van der Waals surface area (Å²) in [6.07, 6.45) is 16.2. The molecule has 0 radical (unpaired) electrons. The third-order valence-electron chi connectivity index (χ3n) is 4.98. The van der Waals surface area contributed by atoms with Crippen LogP contribution in [0.25, 0.3) is 0 Å². The van der Waals surface area contributed by atoms with Crippen molar-refractivity contribution in [3.05, 3.63) is 0 Å². The zero-order chi connectivity index (χ0) is 10.5. The number of rotatable bonds is 3. The second-order valence-corrected chi connectivity index (χ2v) is 22.5. The van der Waals surface area contributed by atoms with Crippen LogP contribution in [-0.2, 0) is 0 Å². The highest BCUT2D eigenvalue weighted by molar-refractivity contribution is 7.32. The Kier molecular flexibility index (Phi) is 5.17. The van der Waals surface area contributed by atoms with Crippen molar-refractivity contribution < 1.29 is 0 Å². The molecule has 2 rings (SSSR count). The summed E-state index contributed by atoms with van der Waals surface area (Å²) in [6.45, 7) is 0. The van der Waals surface area contributed by atoms with Gasteiger partial charge in [0.1, 0.15) is 0 Å². The Morgan fingerprint density at radius 2 is 1.13 bits per heavy atom. The minimum atomic E-state index is -0.175. The van der Waals surface area contributed by atoms with E-state index in [0.717, 1.165) is 0 Å². The maximum atomic E-state index is 1.67. The molecule has 0 aromatic rings. The second-order valence-electron chi connectivity index (χ2n) is 5.87. The van der Waals surface area contributed by atoms with E-state index in [0.29, 0.717) is 8.55 Å². The van der Waals surface area contributed by atoms with Crippen molar-refractivity contribution >= 4 is 26.6 Å². The third kappa shape index (κ3) is 3.30. The Morgan fingerprint density at radius 3 is 1.47 bits per heavy atom. The topological polar surface area (TPSA) is 0 Å². The smallest absolute Gasteiger partial charge is 0.0271 e. The first-order valence-electron chi connectivity index (χ1n) is 7.42. The molecule has 0 unspecified atom stereocenters. The molecule has 0 saturated heterocycles. The summed E-state index contributed by atoms with van der Waals surface area (Å²) in [5.41, 5.74) is 2.68. The molecule has 0 aromatic carbocycles. The first kappa shape index (κ1) is 12.1. The van der Waals surface area contributed by atoms with Gasteiger partial charge in [0.05, 0.1) is 0 Å². The molecule has 0 amide bonds. The molecule has 2 aliphatic carbocycles. The lowest BCUT2D eigenvalue weighted by Gasteiger charge is -2.36. The summed E-state index contributed by atoms with van der Waals surface area (Å²) < 4.78 is 0. The minimum Gasteiger partial charge on any atom is -0.0533 e. The minimum absolute atomic E-state index is 0.175. The van der Waals surface area contributed by atoms with Gasteiger partial charge in [-0.05, 0) is 18.3 Å². The fourth-order valence-corrected chi connectivity index (χ4v) is 27.8. The van der Waals surface area contributed by atoms with Crippen LogP contribution >= 0.6 is 0 Å². The van der Waals surface area contributed by atoms with Crippen LogP contribution in [0.2, 0.25) is 11.1 Å². The highest BCUT2D eigenvalue weighted by Crippen LogP contribution is 2.40. The van der Waals surface area contributed by atoms with Crippen LogP contribution in [-0.4, -0.2) is 26.6 Å². The normalized spacial score (nSPS) is 27.0. The Balaban J connectivity index is 1.88. The van der Waals surface area contributed by atoms with Crippen molar-refractivity contribution in [2.24, 2.45) is 0 Å². The molecule has 0 bridgehead atoms. The Bertz CT molecular complexity index is 154. The predicted molar refractivity (Wildman–Crippen MR) is 79.3 cm³/mol. The maximum absolute atomic E-state index is 1.67. The summed E-state index contributed by atoms with van der Waals surface area (Å²) >= 11 is 0. The van der Waals surface area contributed by atoms with Crippen LogP contribution in [0.5, 0.6) is 0 Å². The van der Waals surface area contributed by atoms with Gasteiger partial charge in [-0.2, -0.15) is 0 Å². The fourth-order valence-electron chi connectivity index (χ4n) is 4.18. The standard InChI is InChI=1S/C12H28Si3/c13-14-15(11-7-3-1-4-8-11)12-9-5-2-6-10-12/h11-12,15H,1-10,14H2,13H3. The fraction of sp³-hybridized carbons (Fsp3) is 1.00. The molecule has 15 heavy (non-hydrogen) atoms. The van der Waals surface area contributed by atoms with Crippen molar-refractivity contribution in [1.29, 1.82) is 0 Å². The molecule has 2 saturated carbocycles. The lowest BCUT2D eigenvalue weighted by molar-refractivity contribution is 0.467. The van der Waals surface area contributed by atoms with Crippen molar-refractivity contribution in [1.82, 2.24) is 0 Å². The van der Waals surface area contributed by atoms with E-state index < -0.39 is 0 Å². The molecule has 0 N–H and O–H groups in total. The van der Waals surface area contributed by atoms with Gasteiger partial charge >= 0.3 is 0 Å². The van der Waals surface area contributed by atoms with E-state index in [2.05, 4.69) is 0 Å². The lowest BCUT2D eigenvalue weighted by Crippen LogP contribution is -2.36. The SMILES string of the molecule is [SiH3][SiH2][SiH](C1CCCCC1)C1CCCCC1. The molecular formula is C12H28Si3. The number of hydrogen-bond acceptors (Lipinski definition) is 0. The largest absolute Gasteiger partial charge is 0.0533 e. The van der Waals surface area contributed by atoms with Crippen LogP contribution in [0.1, 0.15) is 64.2 Å². The molecular weight excluding hydrogens is 228 g/mol. The molecule has 3 heteroatoms. The zero-order valence-corrected chi connectivity index (χ0v) is 15.1. The Labute approximate surface area is 102 Å². The quantitative estimate of drug-likeness (QED) is 0.676. The van der Waals surface area contributed by atoms with Crippen LogP contribution in [0, 0.1) is 0 Å². The van der Waals surface area contributed by atoms with Crippen LogP contribution < -0.4 is 0 Å². The van der Waals surface area contributed by atoms with E-state index in [1.54, 1.807) is 74.0 Å². The van der Waals surface area contributed by atoms with Crippen molar-refractivity contribution in [2.75, 3.05) is 0 Å². The molecule has 2 aliphatic rings. The lowest BCUT2D eigenvalue weighted by atomic mass is 9.99. The van der Waals surface area contributed by atoms with E-state index in [-0.39, 0.29) is 8.31 Å². The molecule has 0 nitrogen and oxygen atoms in total. The van der Waals surface area contributed by atoms with Gasteiger partial charge in [0.15, 0.2) is 0 Å². The van der Waals surface area contributed by atoms with Crippen molar-refractivity contribution in [3.8, 4) is 0 Å². The van der Waals surface area contributed by atoms with Crippen molar-refractivity contribution in [2.45, 2.75) is 75.3 Å². The predicted octanol–water partition coefficient (Wildman–Crippen LogP) is 1.83. The van der Waals surface area contributed by atoms with Gasteiger partial charge in [-0.25, -0.2) is 0 Å². The van der Waals surface area contributed by atoms with E-state index in [1.807, 2.05) is 0 Å². The molecule has 0 aromatic heterocycles. The first-order chi connectivity index (χ1) is 7.42. The van der Waals surface area contributed by atoms with Crippen LogP contribution in [0.4, 0.5) is 0 Å². The van der Waals surface area contributed by atoms with E-state index in [4.69, 9.17) is 0 Å². The average molecular weight is 257 g/mol. The van der Waals surface area contributed by atoms with Crippen LogP contribution in [0.15, 0.2) is 0 Å². The highest BCUT2D eigenvalue weighted by Gasteiger charge is 2.30. The average Bonchev–Trinajstić information content (AvgIpc) is 2.33.